The number of hydrogen-bond donors (Lipinski definition) is 2. The molecule has 2 aliphatic rings. The monoisotopic (exact) mass is 337 g/mol. The Morgan fingerprint density at radius 2 is 1.50 bits per heavy atom. The van der Waals surface area contributed by atoms with Crippen molar-refractivity contribution < 1.29 is 0 Å². The van der Waals surface area contributed by atoms with Crippen LogP contribution in [0.3, 0.4) is 0 Å². The first-order valence-corrected chi connectivity index (χ1v) is 9.18. The van der Waals surface area contributed by atoms with Crippen molar-refractivity contribution >= 4 is 28.7 Å². The lowest BCUT2D eigenvalue weighted by Gasteiger charge is -2.30. The Morgan fingerprint density at radius 1 is 0.875 bits per heavy atom. The maximum absolute atomic E-state index is 5.62. The summed E-state index contributed by atoms with van der Waals surface area (Å²) in [5.41, 5.74) is 5.53. The van der Waals surface area contributed by atoms with Crippen LogP contribution < -0.4 is 15.8 Å². The molecule has 0 spiro atoms. The fourth-order valence-corrected chi connectivity index (χ4v) is 4.40. The van der Waals surface area contributed by atoms with Crippen molar-refractivity contribution in [2.75, 3.05) is 5.01 Å². The third-order valence-corrected chi connectivity index (χ3v) is 5.51. The van der Waals surface area contributed by atoms with Crippen molar-refractivity contribution in [3.05, 3.63) is 60.7 Å². The van der Waals surface area contributed by atoms with Gasteiger partial charge in [-0.15, -0.1) is 0 Å². The van der Waals surface area contributed by atoms with E-state index in [0.29, 0.717) is 11.2 Å². The largest absolute Gasteiger partial charge is 0.358 e. The van der Waals surface area contributed by atoms with Gasteiger partial charge in [-0.25, -0.2) is 0 Å². The molecule has 2 aromatic rings. The van der Waals surface area contributed by atoms with Gasteiger partial charge in [0.1, 0.15) is 0 Å². The Balaban J connectivity index is 1.48. The molecule has 4 rings (SSSR count). The molecule has 0 unspecified atom stereocenters. The number of anilines is 2. The van der Waals surface area contributed by atoms with Gasteiger partial charge in [0.05, 0.1) is 11.4 Å². The van der Waals surface area contributed by atoms with Crippen molar-refractivity contribution in [3.8, 4) is 0 Å². The first-order chi connectivity index (χ1) is 11.8. The summed E-state index contributed by atoms with van der Waals surface area (Å²) in [5, 5.41) is 6.31. The van der Waals surface area contributed by atoms with Crippen LogP contribution in [-0.2, 0) is 0 Å². The number of nitrogens with zero attached hydrogens (tertiary/aromatic N) is 1. The molecule has 2 aliphatic carbocycles. The summed E-state index contributed by atoms with van der Waals surface area (Å²) >= 11 is 5.62. The van der Waals surface area contributed by atoms with Gasteiger partial charge >= 0.3 is 0 Å². The van der Waals surface area contributed by atoms with Gasteiger partial charge in [0.15, 0.2) is 5.11 Å². The van der Waals surface area contributed by atoms with Crippen molar-refractivity contribution in [2.24, 2.45) is 11.8 Å². The molecule has 0 aromatic heterocycles. The lowest BCUT2D eigenvalue weighted by Crippen LogP contribution is -2.49. The molecule has 3 atom stereocenters. The van der Waals surface area contributed by atoms with Crippen LogP contribution in [0.15, 0.2) is 60.7 Å². The Kier molecular flexibility index (Phi) is 4.39. The second-order valence-corrected chi connectivity index (χ2v) is 7.28. The van der Waals surface area contributed by atoms with E-state index in [1.165, 1.54) is 25.7 Å². The molecule has 0 amide bonds. The van der Waals surface area contributed by atoms with Crippen molar-refractivity contribution in [1.82, 2.24) is 10.7 Å². The normalized spacial score (nSPS) is 24.6. The smallest absolute Gasteiger partial charge is 0.185 e. The average molecular weight is 337 g/mol. The van der Waals surface area contributed by atoms with Gasteiger partial charge in [-0.1, -0.05) is 42.8 Å². The highest BCUT2D eigenvalue weighted by Crippen LogP contribution is 2.44. The topological polar surface area (TPSA) is 27.3 Å². The summed E-state index contributed by atoms with van der Waals surface area (Å²) in [6.45, 7) is 0. The summed E-state index contributed by atoms with van der Waals surface area (Å²) in [6.07, 6.45) is 5.40. The summed E-state index contributed by atoms with van der Waals surface area (Å²) in [4.78, 5) is 0. The zero-order chi connectivity index (χ0) is 16.4. The number of thiocarbonyl (C=S) groups is 1. The number of rotatable bonds is 4. The number of para-hydroxylation sites is 2. The third kappa shape index (κ3) is 3.24. The quantitative estimate of drug-likeness (QED) is 0.639. The molecular weight excluding hydrogens is 314 g/mol. The molecule has 0 radical (unpaired) electrons. The zero-order valence-corrected chi connectivity index (χ0v) is 14.5. The number of hydrogen-bond acceptors (Lipinski definition) is 2. The average Bonchev–Trinajstić information content (AvgIpc) is 3.24. The molecule has 24 heavy (non-hydrogen) atoms. The van der Waals surface area contributed by atoms with Crippen LogP contribution in [0.25, 0.3) is 0 Å². The Morgan fingerprint density at radius 3 is 2.00 bits per heavy atom. The van der Waals surface area contributed by atoms with E-state index < -0.39 is 0 Å². The van der Waals surface area contributed by atoms with Crippen LogP contribution in [-0.4, -0.2) is 11.2 Å². The molecule has 4 heteroatoms. The zero-order valence-electron chi connectivity index (χ0n) is 13.7. The maximum Gasteiger partial charge on any atom is 0.185 e. The van der Waals surface area contributed by atoms with Crippen LogP contribution in [0.4, 0.5) is 11.4 Å². The second-order valence-electron chi connectivity index (χ2n) is 6.87. The molecule has 124 valence electrons. The third-order valence-electron chi connectivity index (χ3n) is 5.30. The van der Waals surface area contributed by atoms with E-state index >= 15 is 0 Å². The number of benzene rings is 2. The van der Waals surface area contributed by atoms with Crippen LogP contribution in [0, 0.1) is 11.8 Å². The minimum atomic E-state index is 0.539. The molecular formula is C20H23N3S. The predicted octanol–water partition coefficient (Wildman–Crippen LogP) is 4.39. The number of hydrazine groups is 1. The van der Waals surface area contributed by atoms with Gasteiger partial charge in [0, 0.05) is 6.04 Å². The first kappa shape index (κ1) is 15.5. The van der Waals surface area contributed by atoms with E-state index in [9.17, 15) is 0 Å². The molecule has 0 heterocycles. The van der Waals surface area contributed by atoms with Crippen LogP contribution in [0.2, 0.25) is 0 Å². The highest BCUT2D eigenvalue weighted by Gasteiger charge is 2.39. The van der Waals surface area contributed by atoms with Gasteiger partial charge in [-0.3, -0.25) is 10.4 Å². The Hall–Kier alpha value is -2.07. The van der Waals surface area contributed by atoms with Gasteiger partial charge in [0.2, 0.25) is 0 Å². The van der Waals surface area contributed by atoms with Crippen molar-refractivity contribution in [1.29, 1.82) is 0 Å². The summed E-state index contributed by atoms with van der Waals surface area (Å²) < 4.78 is 0. The molecule has 2 bridgehead atoms. The van der Waals surface area contributed by atoms with Gasteiger partial charge in [-0.05, 0) is 67.6 Å². The van der Waals surface area contributed by atoms with E-state index in [4.69, 9.17) is 12.2 Å². The Bertz CT molecular complexity index is 649. The Labute approximate surface area is 149 Å². The lowest BCUT2D eigenvalue weighted by molar-refractivity contribution is 0.389. The first-order valence-electron chi connectivity index (χ1n) is 8.77. The molecule has 3 nitrogen and oxygen atoms in total. The number of nitrogens with one attached hydrogen (secondary N) is 2. The summed E-state index contributed by atoms with van der Waals surface area (Å²) in [6, 6.07) is 21.1. The van der Waals surface area contributed by atoms with Crippen LogP contribution >= 0.6 is 12.2 Å². The predicted molar refractivity (Wildman–Crippen MR) is 103 cm³/mol. The fraction of sp³-hybridized carbons (Fsp3) is 0.350. The molecule has 2 N–H and O–H groups in total. The van der Waals surface area contributed by atoms with Gasteiger partial charge in [-0.2, -0.15) is 0 Å². The maximum atomic E-state index is 5.62. The number of fused-ring (bicyclic) bond motifs is 2. The minimum absolute atomic E-state index is 0.539. The summed E-state index contributed by atoms with van der Waals surface area (Å²) in [7, 11) is 0. The van der Waals surface area contributed by atoms with E-state index in [1.54, 1.807) is 0 Å². The van der Waals surface area contributed by atoms with E-state index in [2.05, 4.69) is 35.0 Å². The van der Waals surface area contributed by atoms with Crippen molar-refractivity contribution in [3.63, 3.8) is 0 Å². The van der Waals surface area contributed by atoms with E-state index in [1.807, 2.05) is 41.4 Å². The van der Waals surface area contributed by atoms with Crippen LogP contribution in [0.1, 0.15) is 25.7 Å². The highest BCUT2D eigenvalue weighted by atomic mass is 32.1. The van der Waals surface area contributed by atoms with Gasteiger partial charge in [0.25, 0.3) is 0 Å². The van der Waals surface area contributed by atoms with E-state index in [0.717, 1.165) is 23.2 Å². The molecule has 2 aromatic carbocycles. The molecule has 0 saturated heterocycles. The fourth-order valence-electron chi connectivity index (χ4n) is 4.16. The molecule has 0 aliphatic heterocycles. The SMILES string of the molecule is S=C(N[C@@H]1C[C@H]2CC[C@@H]1C2)NN(c1ccccc1)c1ccccc1. The van der Waals surface area contributed by atoms with Crippen molar-refractivity contribution in [2.45, 2.75) is 31.7 Å². The van der Waals surface area contributed by atoms with Crippen LogP contribution in [0.5, 0.6) is 0 Å². The molecule has 2 fully saturated rings. The lowest BCUT2D eigenvalue weighted by atomic mass is 9.96. The molecule has 2 saturated carbocycles. The van der Waals surface area contributed by atoms with E-state index in [-0.39, 0.29) is 0 Å². The summed E-state index contributed by atoms with van der Waals surface area (Å²) in [5.74, 6) is 1.71. The second kappa shape index (κ2) is 6.81. The minimum Gasteiger partial charge on any atom is -0.358 e. The standard InChI is InChI=1S/C20H23N3S/c24-20(21-19-14-15-11-12-16(19)13-15)22-23(17-7-3-1-4-8-17)18-9-5-2-6-10-18/h1-10,15-16,19H,11-14H2,(H2,21,22,24)/t15-,16+,19+/m0/s1. The highest BCUT2D eigenvalue weighted by molar-refractivity contribution is 7.80. The van der Waals surface area contributed by atoms with Gasteiger partial charge < -0.3 is 5.32 Å².